The predicted octanol–water partition coefficient (Wildman–Crippen LogP) is -0.168. The summed E-state index contributed by atoms with van der Waals surface area (Å²) in [7, 11) is 0. The summed E-state index contributed by atoms with van der Waals surface area (Å²) in [6.45, 7) is 5.35. The van der Waals surface area contributed by atoms with Gasteiger partial charge in [0.05, 0.1) is 13.2 Å². The molecule has 2 aliphatic rings. The molecule has 118 valence electrons. The van der Waals surface area contributed by atoms with Crippen molar-refractivity contribution in [1.82, 2.24) is 14.8 Å². The number of pyridine rings is 1. The summed E-state index contributed by atoms with van der Waals surface area (Å²) in [6.07, 6.45) is 2.56. The number of carbonyl (C=O) groups is 2. The fraction of sp³-hybridized carbons (Fsp3) is 0.533. The lowest BCUT2D eigenvalue weighted by atomic mass is 10.2. The molecule has 0 aromatic carbocycles. The van der Waals surface area contributed by atoms with Crippen LogP contribution >= 0.6 is 0 Å². The van der Waals surface area contributed by atoms with E-state index in [0.717, 1.165) is 25.2 Å². The largest absolute Gasteiger partial charge is 0.378 e. The van der Waals surface area contributed by atoms with Crippen LogP contribution in [0.15, 0.2) is 18.3 Å². The third-order valence-corrected chi connectivity index (χ3v) is 4.09. The van der Waals surface area contributed by atoms with Crippen LogP contribution in [-0.2, 0) is 9.53 Å². The molecule has 2 fully saturated rings. The quantitative estimate of drug-likeness (QED) is 0.726. The van der Waals surface area contributed by atoms with E-state index in [9.17, 15) is 9.59 Å². The lowest BCUT2D eigenvalue weighted by Crippen LogP contribution is -2.45. The monoisotopic (exact) mass is 304 g/mol. The molecule has 0 radical (unpaired) electrons. The van der Waals surface area contributed by atoms with E-state index in [1.807, 2.05) is 12.1 Å². The molecule has 1 aromatic rings. The Balaban J connectivity index is 1.69. The van der Waals surface area contributed by atoms with Crippen molar-refractivity contribution >= 4 is 18.0 Å². The van der Waals surface area contributed by atoms with Gasteiger partial charge in [0.1, 0.15) is 5.69 Å². The third kappa shape index (κ3) is 3.19. The van der Waals surface area contributed by atoms with E-state index < -0.39 is 0 Å². The fourth-order valence-electron chi connectivity index (χ4n) is 2.75. The molecule has 3 rings (SSSR count). The molecular formula is C15H20N4O3. The molecule has 0 saturated carbocycles. The van der Waals surface area contributed by atoms with Crippen LogP contribution in [0.3, 0.4) is 0 Å². The molecule has 2 amide bonds. The van der Waals surface area contributed by atoms with Crippen molar-refractivity contribution in [2.24, 2.45) is 0 Å². The standard InChI is InChI=1S/C15H20N4O3/c20-12-17-3-5-18(6-4-17)13-1-2-16-14(11-13)15(21)19-7-9-22-10-8-19/h1-2,11-12H,3-10H2. The molecule has 0 N–H and O–H groups in total. The zero-order chi connectivity index (χ0) is 15.4. The Morgan fingerprint density at radius 3 is 2.55 bits per heavy atom. The summed E-state index contributed by atoms with van der Waals surface area (Å²) in [5.41, 5.74) is 1.45. The van der Waals surface area contributed by atoms with E-state index in [4.69, 9.17) is 4.74 Å². The Bertz CT molecular complexity index is 537. The van der Waals surface area contributed by atoms with Crippen LogP contribution in [0.5, 0.6) is 0 Å². The molecule has 7 nitrogen and oxygen atoms in total. The summed E-state index contributed by atoms with van der Waals surface area (Å²) < 4.78 is 5.27. The van der Waals surface area contributed by atoms with Gasteiger partial charge in [-0.15, -0.1) is 0 Å². The zero-order valence-corrected chi connectivity index (χ0v) is 12.5. The Morgan fingerprint density at radius 2 is 1.86 bits per heavy atom. The second kappa shape index (κ2) is 6.74. The Hall–Kier alpha value is -2.15. The van der Waals surface area contributed by atoms with Crippen molar-refractivity contribution in [3.63, 3.8) is 0 Å². The van der Waals surface area contributed by atoms with Gasteiger partial charge in [-0.1, -0.05) is 0 Å². The number of morpholine rings is 1. The lowest BCUT2D eigenvalue weighted by molar-refractivity contribution is -0.118. The summed E-state index contributed by atoms with van der Waals surface area (Å²) in [6, 6.07) is 3.75. The van der Waals surface area contributed by atoms with Gasteiger partial charge in [0.25, 0.3) is 5.91 Å². The Morgan fingerprint density at radius 1 is 1.14 bits per heavy atom. The number of hydrogen-bond donors (Lipinski definition) is 0. The fourth-order valence-corrected chi connectivity index (χ4v) is 2.75. The van der Waals surface area contributed by atoms with Gasteiger partial charge in [-0.05, 0) is 12.1 Å². The lowest BCUT2D eigenvalue weighted by Gasteiger charge is -2.34. The molecule has 3 heterocycles. The van der Waals surface area contributed by atoms with Gasteiger partial charge in [-0.2, -0.15) is 0 Å². The minimum Gasteiger partial charge on any atom is -0.378 e. The summed E-state index contributed by atoms with van der Waals surface area (Å²) >= 11 is 0. The molecule has 0 aliphatic carbocycles. The van der Waals surface area contributed by atoms with Crippen LogP contribution in [-0.4, -0.2) is 79.6 Å². The molecule has 0 bridgehead atoms. The Labute approximate surface area is 129 Å². The van der Waals surface area contributed by atoms with Crippen molar-refractivity contribution < 1.29 is 14.3 Å². The molecular weight excluding hydrogens is 284 g/mol. The first-order chi connectivity index (χ1) is 10.8. The van der Waals surface area contributed by atoms with E-state index in [1.54, 1.807) is 16.0 Å². The first-order valence-corrected chi connectivity index (χ1v) is 7.55. The van der Waals surface area contributed by atoms with E-state index in [0.29, 0.717) is 45.1 Å². The minimum absolute atomic E-state index is 0.0447. The average Bonchev–Trinajstić information content (AvgIpc) is 2.62. The van der Waals surface area contributed by atoms with Gasteiger partial charge >= 0.3 is 0 Å². The van der Waals surface area contributed by atoms with E-state index in [2.05, 4.69) is 9.88 Å². The van der Waals surface area contributed by atoms with E-state index >= 15 is 0 Å². The highest BCUT2D eigenvalue weighted by atomic mass is 16.5. The second-order valence-electron chi connectivity index (χ2n) is 5.43. The van der Waals surface area contributed by atoms with Crippen molar-refractivity contribution in [2.75, 3.05) is 57.4 Å². The zero-order valence-electron chi connectivity index (χ0n) is 12.5. The molecule has 0 unspecified atom stereocenters. The van der Waals surface area contributed by atoms with Gasteiger partial charge in [-0.3, -0.25) is 14.6 Å². The second-order valence-corrected chi connectivity index (χ2v) is 5.43. The number of carbonyl (C=O) groups excluding carboxylic acids is 2. The minimum atomic E-state index is -0.0447. The van der Waals surface area contributed by atoms with Gasteiger partial charge in [0.2, 0.25) is 6.41 Å². The smallest absolute Gasteiger partial charge is 0.272 e. The number of amides is 2. The van der Waals surface area contributed by atoms with E-state index in [1.165, 1.54) is 0 Å². The highest BCUT2D eigenvalue weighted by molar-refractivity contribution is 5.93. The maximum Gasteiger partial charge on any atom is 0.272 e. The number of anilines is 1. The molecule has 7 heteroatoms. The van der Waals surface area contributed by atoms with Gasteiger partial charge < -0.3 is 19.4 Å². The normalized spacial score (nSPS) is 19.2. The van der Waals surface area contributed by atoms with Crippen LogP contribution in [0.25, 0.3) is 0 Å². The Kier molecular flexibility index (Phi) is 4.53. The number of piperazine rings is 1. The molecule has 22 heavy (non-hydrogen) atoms. The number of rotatable bonds is 3. The first-order valence-electron chi connectivity index (χ1n) is 7.55. The highest BCUT2D eigenvalue weighted by Crippen LogP contribution is 2.17. The summed E-state index contributed by atoms with van der Waals surface area (Å²) in [4.78, 5) is 33.2. The maximum atomic E-state index is 12.5. The van der Waals surface area contributed by atoms with Crippen LogP contribution in [0, 0.1) is 0 Å². The third-order valence-electron chi connectivity index (χ3n) is 4.09. The summed E-state index contributed by atoms with van der Waals surface area (Å²) in [5, 5.41) is 0. The average molecular weight is 304 g/mol. The predicted molar refractivity (Wildman–Crippen MR) is 80.8 cm³/mol. The number of hydrogen-bond acceptors (Lipinski definition) is 5. The summed E-state index contributed by atoms with van der Waals surface area (Å²) in [5.74, 6) is -0.0447. The van der Waals surface area contributed by atoms with Gasteiger partial charge in [0.15, 0.2) is 0 Å². The van der Waals surface area contributed by atoms with Crippen LogP contribution in [0.1, 0.15) is 10.5 Å². The maximum absolute atomic E-state index is 12.5. The van der Waals surface area contributed by atoms with Crippen LogP contribution < -0.4 is 4.90 Å². The molecule has 2 saturated heterocycles. The van der Waals surface area contributed by atoms with Gasteiger partial charge in [-0.25, -0.2) is 0 Å². The number of nitrogens with zero attached hydrogens (tertiary/aromatic N) is 4. The number of aromatic nitrogens is 1. The van der Waals surface area contributed by atoms with Gasteiger partial charge in [0, 0.05) is 51.2 Å². The number of ether oxygens (including phenoxy) is 1. The first kappa shape index (κ1) is 14.8. The van der Waals surface area contributed by atoms with Crippen molar-refractivity contribution in [3.8, 4) is 0 Å². The molecule has 2 aliphatic heterocycles. The highest BCUT2D eigenvalue weighted by Gasteiger charge is 2.21. The molecule has 1 aromatic heterocycles. The SMILES string of the molecule is O=CN1CCN(c2ccnc(C(=O)N3CCOCC3)c2)CC1. The van der Waals surface area contributed by atoms with Crippen LogP contribution in [0.4, 0.5) is 5.69 Å². The van der Waals surface area contributed by atoms with Crippen molar-refractivity contribution in [2.45, 2.75) is 0 Å². The van der Waals surface area contributed by atoms with Crippen molar-refractivity contribution in [3.05, 3.63) is 24.0 Å². The van der Waals surface area contributed by atoms with Crippen molar-refractivity contribution in [1.29, 1.82) is 0 Å². The molecule has 0 spiro atoms. The topological polar surface area (TPSA) is 66.0 Å². The van der Waals surface area contributed by atoms with E-state index in [-0.39, 0.29) is 5.91 Å². The van der Waals surface area contributed by atoms with Crippen LogP contribution in [0.2, 0.25) is 0 Å². The molecule has 0 atom stereocenters.